The molecule has 2 aliphatic carbocycles. The van der Waals surface area contributed by atoms with E-state index in [1.807, 2.05) is 53.4 Å². The van der Waals surface area contributed by atoms with E-state index in [0.717, 1.165) is 37.7 Å². The molecule has 41 heavy (non-hydrogen) atoms. The number of hydrogen-bond donors (Lipinski definition) is 1. The molecule has 3 fully saturated rings. The molecule has 6 rings (SSSR count). The van der Waals surface area contributed by atoms with Crippen molar-refractivity contribution in [1.29, 1.82) is 0 Å². The molecule has 0 bridgehead atoms. The summed E-state index contributed by atoms with van der Waals surface area (Å²) in [6.07, 6.45) is 6.54. The van der Waals surface area contributed by atoms with E-state index in [4.69, 9.17) is 0 Å². The summed E-state index contributed by atoms with van der Waals surface area (Å²) in [7, 11) is 3.39. The highest BCUT2D eigenvalue weighted by molar-refractivity contribution is 6.00. The van der Waals surface area contributed by atoms with Crippen LogP contribution in [0.5, 0.6) is 0 Å². The molecule has 7 nitrogen and oxygen atoms in total. The third-order valence-corrected chi connectivity index (χ3v) is 9.76. The summed E-state index contributed by atoms with van der Waals surface area (Å²) in [6.45, 7) is 1.09. The van der Waals surface area contributed by atoms with Gasteiger partial charge in [-0.3, -0.25) is 14.4 Å². The minimum Gasteiger partial charge on any atom is -0.387 e. The smallest absolute Gasteiger partial charge is 0.255 e. The van der Waals surface area contributed by atoms with Crippen LogP contribution < -0.4 is 5.56 Å². The van der Waals surface area contributed by atoms with Gasteiger partial charge in [0.05, 0.1) is 17.7 Å². The third-order valence-electron chi connectivity index (χ3n) is 9.76. The minimum atomic E-state index is -1.15. The molecule has 3 aromatic rings. The number of piperidine rings is 1. The molecule has 1 unspecified atom stereocenters. The topological polar surface area (TPSA) is 82.8 Å². The van der Waals surface area contributed by atoms with E-state index >= 15 is 0 Å². The molecule has 2 amide bonds. The molecule has 1 N–H and O–H groups in total. The van der Waals surface area contributed by atoms with Gasteiger partial charge in [0, 0.05) is 56.3 Å². The second-order valence-corrected chi connectivity index (χ2v) is 12.5. The van der Waals surface area contributed by atoms with Crippen molar-refractivity contribution in [2.45, 2.75) is 56.6 Å². The molecular weight excluding hydrogens is 514 g/mol. The van der Waals surface area contributed by atoms with Crippen molar-refractivity contribution < 1.29 is 14.7 Å². The molecule has 7 heteroatoms. The maximum atomic E-state index is 13.6. The van der Waals surface area contributed by atoms with E-state index < -0.39 is 11.0 Å². The van der Waals surface area contributed by atoms with E-state index in [0.29, 0.717) is 30.6 Å². The first-order valence-electron chi connectivity index (χ1n) is 14.8. The first-order chi connectivity index (χ1) is 19.7. The molecule has 1 spiro atoms. The predicted octanol–water partition coefficient (Wildman–Crippen LogP) is 4.54. The van der Waals surface area contributed by atoms with Gasteiger partial charge in [0.15, 0.2) is 0 Å². The Hall–Kier alpha value is -3.71. The molecule has 1 aromatic heterocycles. The summed E-state index contributed by atoms with van der Waals surface area (Å²) in [5.74, 6) is 0.279. The lowest BCUT2D eigenvalue weighted by atomic mass is 9.65. The number of carbonyl (C=O) groups excluding carboxylic acids is 2. The molecule has 3 atom stereocenters. The molecule has 1 aliphatic heterocycles. The normalized spacial score (nSPS) is 24.8. The fourth-order valence-corrected chi connectivity index (χ4v) is 7.30. The van der Waals surface area contributed by atoms with Gasteiger partial charge in [-0.05, 0) is 42.7 Å². The van der Waals surface area contributed by atoms with Crippen LogP contribution in [0.1, 0.15) is 60.4 Å². The maximum absolute atomic E-state index is 13.6. The number of hydrogen-bond acceptors (Lipinski definition) is 4. The number of rotatable bonds is 6. The van der Waals surface area contributed by atoms with Gasteiger partial charge in [-0.2, -0.15) is 0 Å². The Morgan fingerprint density at radius 2 is 1.63 bits per heavy atom. The number of benzene rings is 2. The Morgan fingerprint density at radius 3 is 2.29 bits per heavy atom. The predicted molar refractivity (Wildman–Crippen MR) is 158 cm³/mol. The van der Waals surface area contributed by atoms with Crippen LogP contribution >= 0.6 is 0 Å². The molecule has 1 saturated heterocycles. The summed E-state index contributed by atoms with van der Waals surface area (Å²) < 4.78 is 1.52. The van der Waals surface area contributed by atoms with Crippen molar-refractivity contribution >= 4 is 11.8 Å². The molecule has 0 radical (unpaired) electrons. The molecule has 2 aromatic carbocycles. The number of aromatic nitrogens is 1. The van der Waals surface area contributed by atoms with Gasteiger partial charge in [0.2, 0.25) is 5.91 Å². The first-order valence-corrected chi connectivity index (χ1v) is 14.8. The highest BCUT2D eigenvalue weighted by Gasteiger charge is 2.57. The van der Waals surface area contributed by atoms with Crippen LogP contribution in [0.3, 0.4) is 0 Å². The van der Waals surface area contributed by atoms with Gasteiger partial charge in [-0.15, -0.1) is 0 Å². The Morgan fingerprint density at radius 1 is 0.976 bits per heavy atom. The van der Waals surface area contributed by atoms with Gasteiger partial charge in [0.25, 0.3) is 11.5 Å². The Kier molecular flexibility index (Phi) is 7.10. The van der Waals surface area contributed by atoms with Crippen molar-refractivity contribution in [3.8, 4) is 11.1 Å². The van der Waals surface area contributed by atoms with Crippen LogP contribution in [0.4, 0.5) is 0 Å². The van der Waals surface area contributed by atoms with Gasteiger partial charge < -0.3 is 19.5 Å². The summed E-state index contributed by atoms with van der Waals surface area (Å²) in [4.78, 5) is 43.8. The van der Waals surface area contributed by atoms with Crippen LogP contribution in [0.15, 0.2) is 77.7 Å². The summed E-state index contributed by atoms with van der Waals surface area (Å²) in [6, 6.07) is 21.2. The standard InChI is InChI=1S/C34H39N3O4/c1-35(2)31(39)29-21-37(30(38)20-27(29)25-13-7-4-8-14-25)23-34(41)17-18-36(22-33(34)15-9-10-16-33)32(40)28-19-26(28)24-11-5-3-6-12-24/h3-8,11-14,20-21,26,28,41H,9-10,15-19,22-23H2,1-2H3/t26-,28-,34?/m1/s1. The number of carbonyl (C=O) groups is 2. The van der Waals surface area contributed by atoms with Gasteiger partial charge in [0.1, 0.15) is 0 Å². The lowest BCUT2D eigenvalue weighted by molar-refractivity contribution is -0.161. The maximum Gasteiger partial charge on any atom is 0.255 e. The summed E-state index contributed by atoms with van der Waals surface area (Å²) in [5, 5.41) is 12.3. The highest BCUT2D eigenvalue weighted by atomic mass is 16.3. The largest absolute Gasteiger partial charge is 0.387 e. The van der Waals surface area contributed by atoms with Crippen molar-refractivity contribution in [1.82, 2.24) is 14.4 Å². The monoisotopic (exact) mass is 553 g/mol. The number of pyridine rings is 1. The zero-order valence-electron chi connectivity index (χ0n) is 24.0. The Balaban J connectivity index is 1.27. The molecule has 2 heterocycles. The molecule has 214 valence electrons. The molecular formula is C34H39N3O4. The number of amides is 2. The second kappa shape index (κ2) is 10.6. The molecule has 3 aliphatic rings. The van der Waals surface area contributed by atoms with Gasteiger partial charge in [-0.25, -0.2) is 0 Å². The fourth-order valence-electron chi connectivity index (χ4n) is 7.30. The lowest BCUT2D eigenvalue weighted by Crippen LogP contribution is -2.62. The van der Waals surface area contributed by atoms with Gasteiger partial charge in [-0.1, -0.05) is 73.5 Å². The Bertz CT molecular complexity index is 1490. The molecule has 2 saturated carbocycles. The van der Waals surface area contributed by atoms with Crippen LogP contribution in [-0.4, -0.2) is 64.1 Å². The minimum absolute atomic E-state index is 0.00907. The van der Waals surface area contributed by atoms with Gasteiger partial charge >= 0.3 is 0 Å². The average Bonchev–Trinajstić information content (AvgIpc) is 3.65. The van der Waals surface area contributed by atoms with Crippen LogP contribution in [0.25, 0.3) is 11.1 Å². The zero-order chi connectivity index (χ0) is 28.8. The van der Waals surface area contributed by atoms with E-state index in [9.17, 15) is 19.5 Å². The van der Waals surface area contributed by atoms with Crippen LogP contribution in [0, 0.1) is 11.3 Å². The lowest BCUT2D eigenvalue weighted by Gasteiger charge is -2.52. The number of aliphatic hydroxyl groups is 1. The summed E-state index contributed by atoms with van der Waals surface area (Å²) >= 11 is 0. The van der Waals surface area contributed by atoms with E-state index in [2.05, 4.69) is 12.1 Å². The quantitative estimate of drug-likeness (QED) is 0.486. The first kappa shape index (κ1) is 27.5. The Labute approximate surface area is 241 Å². The summed E-state index contributed by atoms with van der Waals surface area (Å²) in [5.41, 5.74) is 1.16. The zero-order valence-corrected chi connectivity index (χ0v) is 24.0. The van der Waals surface area contributed by atoms with Crippen molar-refractivity contribution in [3.05, 3.63) is 94.4 Å². The van der Waals surface area contributed by atoms with E-state index in [-0.39, 0.29) is 35.8 Å². The van der Waals surface area contributed by atoms with Crippen molar-refractivity contribution in [2.75, 3.05) is 27.2 Å². The second-order valence-electron chi connectivity index (χ2n) is 12.5. The number of nitrogens with zero attached hydrogens (tertiary/aromatic N) is 3. The van der Waals surface area contributed by atoms with Crippen LogP contribution in [-0.2, 0) is 11.3 Å². The van der Waals surface area contributed by atoms with E-state index in [1.165, 1.54) is 21.1 Å². The number of likely N-dealkylation sites (tertiary alicyclic amines) is 1. The average molecular weight is 554 g/mol. The highest BCUT2D eigenvalue weighted by Crippen LogP contribution is 2.54. The van der Waals surface area contributed by atoms with Crippen molar-refractivity contribution in [2.24, 2.45) is 11.3 Å². The third kappa shape index (κ3) is 5.01. The fraction of sp³-hybridized carbons (Fsp3) is 0.441. The van der Waals surface area contributed by atoms with Crippen molar-refractivity contribution in [3.63, 3.8) is 0 Å². The van der Waals surface area contributed by atoms with E-state index in [1.54, 1.807) is 20.3 Å². The SMILES string of the molecule is CN(C)C(=O)c1cn(CC2(O)CCN(C(=O)[C@@H]3C[C@@H]3c3ccccc3)CC23CCCC3)c(=O)cc1-c1ccccc1. The van der Waals surface area contributed by atoms with Crippen LogP contribution in [0.2, 0.25) is 0 Å².